The van der Waals surface area contributed by atoms with Crippen LogP contribution in [0.5, 0.6) is 5.75 Å². The molecule has 0 saturated heterocycles. The van der Waals surface area contributed by atoms with Gasteiger partial charge in [-0.15, -0.1) is 0 Å². The van der Waals surface area contributed by atoms with E-state index in [0.717, 1.165) is 30.2 Å². The molecule has 0 radical (unpaired) electrons. The summed E-state index contributed by atoms with van der Waals surface area (Å²) in [4.78, 5) is 10.4. The van der Waals surface area contributed by atoms with Crippen molar-refractivity contribution in [2.45, 2.75) is 19.8 Å². The summed E-state index contributed by atoms with van der Waals surface area (Å²) < 4.78 is 5.51. The van der Waals surface area contributed by atoms with Gasteiger partial charge in [-0.1, -0.05) is 25.5 Å². The number of carboxylic acid groups (broad SMARTS) is 1. The van der Waals surface area contributed by atoms with Crippen molar-refractivity contribution >= 4 is 12.0 Å². The van der Waals surface area contributed by atoms with Crippen LogP contribution < -0.4 is 4.74 Å². The van der Waals surface area contributed by atoms with Crippen molar-refractivity contribution < 1.29 is 14.6 Å². The Hall–Kier alpha value is -1.77. The zero-order valence-corrected chi connectivity index (χ0v) is 9.35. The summed E-state index contributed by atoms with van der Waals surface area (Å²) >= 11 is 0. The minimum absolute atomic E-state index is 0.697. The second-order valence-electron chi connectivity index (χ2n) is 3.45. The third-order valence-corrected chi connectivity index (χ3v) is 2.04. The van der Waals surface area contributed by atoms with Crippen LogP contribution in [-0.4, -0.2) is 17.7 Å². The highest BCUT2D eigenvalue weighted by atomic mass is 16.5. The lowest BCUT2D eigenvalue weighted by molar-refractivity contribution is -0.131. The summed E-state index contributed by atoms with van der Waals surface area (Å²) in [5.41, 5.74) is 0.830. The first-order valence-corrected chi connectivity index (χ1v) is 5.36. The first-order chi connectivity index (χ1) is 7.72. The molecule has 1 aromatic carbocycles. The van der Waals surface area contributed by atoms with Crippen molar-refractivity contribution in [1.82, 2.24) is 0 Å². The Morgan fingerprint density at radius 3 is 3.00 bits per heavy atom. The lowest BCUT2D eigenvalue weighted by atomic mass is 10.2. The second-order valence-corrected chi connectivity index (χ2v) is 3.45. The Morgan fingerprint density at radius 2 is 2.31 bits per heavy atom. The van der Waals surface area contributed by atoms with Crippen molar-refractivity contribution in [3.63, 3.8) is 0 Å². The Bertz CT molecular complexity index is 369. The fraction of sp³-hybridized carbons (Fsp3) is 0.308. The predicted molar refractivity (Wildman–Crippen MR) is 63.5 cm³/mol. The molecular formula is C13H16O3. The summed E-state index contributed by atoms with van der Waals surface area (Å²) in [6.07, 6.45) is 4.79. The predicted octanol–water partition coefficient (Wildman–Crippen LogP) is 2.96. The SMILES string of the molecule is CCCCOc1cccc(/C=C/C(=O)O)c1. The molecule has 1 N–H and O–H groups in total. The van der Waals surface area contributed by atoms with Crippen molar-refractivity contribution in [2.24, 2.45) is 0 Å². The van der Waals surface area contributed by atoms with Crippen LogP contribution in [0.4, 0.5) is 0 Å². The number of rotatable bonds is 6. The van der Waals surface area contributed by atoms with Gasteiger partial charge >= 0.3 is 5.97 Å². The van der Waals surface area contributed by atoms with Gasteiger partial charge in [0.2, 0.25) is 0 Å². The fourth-order valence-corrected chi connectivity index (χ4v) is 1.21. The number of aliphatic carboxylic acids is 1. The van der Waals surface area contributed by atoms with Gasteiger partial charge in [-0.05, 0) is 30.2 Å². The van der Waals surface area contributed by atoms with E-state index in [1.54, 1.807) is 6.08 Å². The molecule has 86 valence electrons. The molecular weight excluding hydrogens is 204 g/mol. The molecule has 0 unspecified atom stereocenters. The van der Waals surface area contributed by atoms with E-state index < -0.39 is 5.97 Å². The third-order valence-electron chi connectivity index (χ3n) is 2.04. The number of hydrogen-bond donors (Lipinski definition) is 1. The zero-order valence-electron chi connectivity index (χ0n) is 9.35. The van der Waals surface area contributed by atoms with Gasteiger partial charge in [0.25, 0.3) is 0 Å². The molecule has 0 aliphatic rings. The molecule has 0 aliphatic carbocycles. The fourth-order valence-electron chi connectivity index (χ4n) is 1.21. The number of unbranched alkanes of at least 4 members (excludes halogenated alkanes) is 1. The van der Waals surface area contributed by atoms with E-state index in [4.69, 9.17) is 9.84 Å². The van der Waals surface area contributed by atoms with Crippen LogP contribution in [-0.2, 0) is 4.79 Å². The van der Waals surface area contributed by atoms with Gasteiger partial charge in [-0.3, -0.25) is 0 Å². The Kier molecular flexibility index (Phi) is 5.12. The van der Waals surface area contributed by atoms with E-state index >= 15 is 0 Å². The number of hydrogen-bond acceptors (Lipinski definition) is 2. The number of carbonyl (C=O) groups is 1. The molecule has 0 atom stereocenters. The van der Waals surface area contributed by atoms with Crippen LogP contribution in [0.2, 0.25) is 0 Å². The zero-order chi connectivity index (χ0) is 11.8. The molecule has 0 amide bonds. The van der Waals surface area contributed by atoms with Crippen LogP contribution >= 0.6 is 0 Å². The molecule has 0 spiro atoms. The summed E-state index contributed by atoms with van der Waals surface area (Å²) in [6.45, 7) is 2.80. The molecule has 0 aliphatic heterocycles. The quantitative estimate of drug-likeness (QED) is 0.592. The number of benzene rings is 1. The van der Waals surface area contributed by atoms with E-state index in [-0.39, 0.29) is 0 Å². The van der Waals surface area contributed by atoms with Crippen LogP contribution in [0.1, 0.15) is 25.3 Å². The Morgan fingerprint density at radius 1 is 1.50 bits per heavy atom. The van der Waals surface area contributed by atoms with Crippen LogP contribution in [0.15, 0.2) is 30.3 Å². The molecule has 0 aromatic heterocycles. The summed E-state index contributed by atoms with van der Waals surface area (Å²) in [6, 6.07) is 7.39. The van der Waals surface area contributed by atoms with Gasteiger partial charge < -0.3 is 9.84 Å². The summed E-state index contributed by atoms with van der Waals surface area (Å²) in [5, 5.41) is 8.50. The maximum Gasteiger partial charge on any atom is 0.328 e. The number of carboxylic acids is 1. The molecule has 1 rings (SSSR count). The van der Waals surface area contributed by atoms with E-state index in [1.807, 2.05) is 24.3 Å². The summed E-state index contributed by atoms with van der Waals surface area (Å²) in [7, 11) is 0. The van der Waals surface area contributed by atoms with Gasteiger partial charge in [-0.2, -0.15) is 0 Å². The monoisotopic (exact) mass is 220 g/mol. The minimum Gasteiger partial charge on any atom is -0.494 e. The second kappa shape index (κ2) is 6.67. The van der Waals surface area contributed by atoms with Crippen molar-refractivity contribution in [1.29, 1.82) is 0 Å². The molecule has 0 bridgehead atoms. The van der Waals surface area contributed by atoms with E-state index in [9.17, 15) is 4.79 Å². The smallest absolute Gasteiger partial charge is 0.328 e. The Labute approximate surface area is 95.4 Å². The molecule has 16 heavy (non-hydrogen) atoms. The van der Waals surface area contributed by atoms with Crippen LogP contribution in [0.25, 0.3) is 6.08 Å². The average Bonchev–Trinajstić information content (AvgIpc) is 2.27. The highest BCUT2D eigenvalue weighted by Gasteiger charge is 1.95. The van der Waals surface area contributed by atoms with Gasteiger partial charge in [-0.25, -0.2) is 4.79 Å². The van der Waals surface area contributed by atoms with Crippen molar-refractivity contribution in [3.8, 4) is 5.75 Å². The molecule has 3 nitrogen and oxygen atoms in total. The Balaban J connectivity index is 2.60. The first-order valence-electron chi connectivity index (χ1n) is 5.36. The van der Waals surface area contributed by atoms with Crippen molar-refractivity contribution in [2.75, 3.05) is 6.61 Å². The van der Waals surface area contributed by atoms with E-state index in [2.05, 4.69) is 6.92 Å². The van der Waals surface area contributed by atoms with Gasteiger partial charge in [0.05, 0.1) is 6.61 Å². The number of ether oxygens (including phenoxy) is 1. The van der Waals surface area contributed by atoms with E-state index in [1.165, 1.54) is 0 Å². The van der Waals surface area contributed by atoms with Gasteiger partial charge in [0.1, 0.15) is 5.75 Å². The minimum atomic E-state index is -0.947. The maximum absolute atomic E-state index is 10.4. The van der Waals surface area contributed by atoms with Crippen LogP contribution in [0.3, 0.4) is 0 Å². The standard InChI is InChI=1S/C13H16O3/c1-2-3-9-16-12-6-4-5-11(10-12)7-8-13(14)15/h4-8,10H,2-3,9H2,1H3,(H,14,15)/b8-7+. The van der Waals surface area contributed by atoms with Crippen LogP contribution in [0, 0.1) is 0 Å². The molecule has 0 saturated carbocycles. The summed E-state index contributed by atoms with van der Waals surface area (Å²) in [5.74, 6) is -0.168. The van der Waals surface area contributed by atoms with Gasteiger partial charge in [0, 0.05) is 6.08 Å². The first kappa shape index (κ1) is 12.3. The highest BCUT2D eigenvalue weighted by Crippen LogP contribution is 2.14. The molecule has 3 heteroatoms. The topological polar surface area (TPSA) is 46.5 Å². The third kappa shape index (κ3) is 4.64. The lowest BCUT2D eigenvalue weighted by Gasteiger charge is -2.05. The largest absolute Gasteiger partial charge is 0.494 e. The molecule has 0 heterocycles. The maximum atomic E-state index is 10.4. The van der Waals surface area contributed by atoms with Gasteiger partial charge in [0.15, 0.2) is 0 Å². The average molecular weight is 220 g/mol. The normalized spacial score (nSPS) is 10.6. The molecule has 0 fully saturated rings. The van der Waals surface area contributed by atoms with Crippen molar-refractivity contribution in [3.05, 3.63) is 35.9 Å². The highest BCUT2D eigenvalue weighted by molar-refractivity contribution is 5.85. The molecule has 1 aromatic rings. The van der Waals surface area contributed by atoms with E-state index in [0.29, 0.717) is 6.61 Å². The lowest BCUT2D eigenvalue weighted by Crippen LogP contribution is -1.96.